The third kappa shape index (κ3) is 4.55. The van der Waals surface area contributed by atoms with Crippen LogP contribution in [0.25, 0.3) is 0 Å². The molecule has 0 heterocycles. The quantitative estimate of drug-likeness (QED) is 0.554. The maximum absolute atomic E-state index is 13.2. The standard InChI is InChI=1S/C22H20FN3/c23-19-10-8-18(9-11-19)16-26(20-12-13-21(24)22(25)15-20)14-4-7-17-5-2-1-3-6-17/h1-3,5-6,8-13,15H,14,16,24-25H2. The van der Waals surface area contributed by atoms with Crippen LogP contribution in [0.4, 0.5) is 21.5 Å². The van der Waals surface area contributed by atoms with Gasteiger partial charge < -0.3 is 16.4 Å². The molecule has 4 N–H and O–H groups in total. The zero-order valence-electron chi connectivity index (χ0n) is 14.3. The zero-order valence-corrected chi connectivity index (χ0v) is 14.3. The van der Waals surface area contributed by atoms with Crippen LogP contribution in [0.2, 0.25) is 0 Å². The van der Waals surface area contributed by atoms with Crippen molar-refractivity contribution in [3.05, 3.63) is 89.7 Å². The SMILES string of the molecule is Nc1ccc(N(CC#Cc2ccccc2)Cc2ccc(F)cc2)cc1N. The van der Waals surface area contributed by atoms with Crippen LogP contribution < -0.4 is 16.4 Å². The number of nitrogens with zero attached hydrogens (tertiary/aromatic N) is 1. The molecule has 0 spiro atoms. The van der Waals surface area contributed by atoms with Crippen LogP contribution in [0.1, 0.15) is 11.1 Å². The first kappa shape index (κ1) is 17.4. The fraction of sp³-hybridized carbons (Fsp3) is 0.0909. The fourth-order valence-electron chi connectivity index (χ4n) is 2.57. The molecule has 0 atom stereocenters. The number of hydrogen-bond donors (Lipinski definition) is 2. The lowest BCUT2D eigenvalue weighted by molar-refractivity contribution is 0.627. The van der Waals surface area contributed by atoms with Gasteiger partial charge in [0.15, 0.2) is 0 Å². The Hall–Kier alpha value is -3.45. The Balaban J connectivity index is 1.84. The molecule has 0 saturated heterocycles. The van der Waals surface area contributed by atoms with E-state index in [9.17, 15) is 4.39 Å². The maximum Gasteiger partial charge on any atom is 0.123 e. The van der Waals surface area contributed by atoms with Gasteiger partial charge in [0.2, 0.25) is 0 Å². The van der Waals surface area contributed by atoms with Gasteiger partial charge in [-0.1, -0.05) is 42.2 Å². The Morgan fingerprint density at radius 1 is 0.846 bits per heavy atom. The summed E-state index contributed by atoms with van der Waals surface area (Å²) in [5.74, 6) is 6.10. The van der Waals surface area contributed by atoms with E-state index in [0.717, 1.165) is 16.8 Å². The van der Waals surface area contributed by atoms with Gasteiger partial charge in [-0.2, -0.15) is 0 Å². The van der Waals surface area contributed by atoms with Crippen LogP contribution in [0.15, 0.2) is 72.8 Å². The second kappa shape index (κ2) is 8.09. The molecule has 0 unspecified atom stereocenters. The molecule has 26 heavy (non-hydrogen) atoms. The Labute approximate surface area is 153 Å². The summed E-state index contributed by atoms with van der Waals surface area (Å²) in [7, 11) is 0. The molecule has 0 saturated carbocycles. The van der Waals surface area contributed by atoms with Gasteiger partial charge in [-0.15, -0.1) is 0 Å². The van der Waals surface area contributed by atoms with Gasteiger partial charge >= 0.3 is 0 Å². The fourth-order valence-corrected chi connectivity index (χ4v) is 2.57. The number of rotatable bonds is 4. The van der Waals surface area contributed by atoms with Crippen LogP contribution >= 0.6 is 0 Å². The number of nitrogen functional groups attached to an aromatic ring is 2. The highest BCUT2D eigenvalue weighted by molar-refractivity contribution is 5.70. The third-order valence-electron chi connectivity index (χ3n) is 4.00. The summed E-state index contributed by atoms with van der Waals surface area (Å²) in [6.45, 7) is 1.10. The molecular formula is C22H20FN3. The van der Waals surface area contributed by atoms with E-state index in [1.54, 1.807) is 18.2 Å². The van der Waals surface area contributed by atoms with Crippen LogP contribution in [-0.2, 0) is 6.54 Å². The smallest absolute Gasteiger partial charge is 0.123 e. The molecule has 0 aliphatic rings. The maximum atomic E-state index is 13.2. The molecule has 0 radical (unpaired) electrons. The molecule has 0 amide bonds. The number of hydrogen-bond acceptors (Lipinski definition) is 3. The molecule has 0 aromatic heterocycles. The first-order chi connectivity index (χ1) is 12.6. The Bertz CT molecular complexity index is 925. The van der Waals surface area contributed by atoms with E-state index >= 15 is 0 Å². The predicted octanol–water partition coefficient (Wildman–Crippen LogP) is 4.05. The van der Waals surface area contributed by atoms with Crippen molar-refractivity contribution in [1.82, 2.24) is 0 Å². The lowest BCUT2D eigenvalue weighted by atomic mass is 10.1. The molecule has 130 valence electrons. The minimum atomic E-state index is -0.249. The van der Waals surface area contributed by atoms with Crippen LogP contribution in [0.5, 0.6) is 0 Å². The van der Waals surface area contributed by atoms with E-state index in [1.165, 1.54) is 12.1 Å². The second-order valence-corrected chi connectivity index (χ2v) is 5.96. The van der Waals surface area contributed by atoms with Crippen LogP contribution in [0.3, 0.4) is 0 Å². The van der Waals surface area contributed by atoms with Crippen molar-refractivity contribution in [1.29, 1.82) is 0 Å². The van der Waals surface area contributed by atoms with E-state index in [1.807, 2.05) is 42.5 Å². The Morgan fingerprint density at radius 3 is 2.27 bits per heavy atom. The van der Waals surface area contributed by atoms with Gasteiger partial charge in [0.05, 0.1) is 17.9 Å². The Morgan fingerprint density at radius 2 is 1.58 bits per heavy atom. The zero-order chi connectivity index (χ0) is 18.4. The molecule has 0 bridgehead atoms. The molecule has 3 nitrogen and oxygen atoms in total. The molecule has 0 aliphatic carbocycles. The normalized spacial score (nSPS) is 10.0. The van der Waals surface area contributed by atoms with Crippen molar-refractivity contribution in [3.63, 3.8) is 0 Å². The summed E-state index contributed by atoms with van der Waals surface area (Å²) in [5.41, 5.74) is 15.7. The monoisotopic (exact) mass is 345 g/mol. The van der Waals surface area contributed by atoms with Crippen LogP contribution in [-0.4, -0.2) is 6.54 Å². The number of halogens is 1. The predicted molar refractivity (Wildman–Crippen MR) is 106 cm³/mol. The van der Waals surface area contributed by atoms with E-state index in [-0.39, 0.29) is 5.82 Å². The van der Waals surface area contributed by atoms with Crippen molar-refractivity contribution < 1.29 is 4.39 Å². The van der Waals surface area contributed by atoms with Gasteiger partial charge in [0.1, 0.15) is 5.82 Å². The first-order valence-electron chi connectivity index (χ1n) is 8.30. The van der Waals surface area contributed by atoms with Crippen molar-refractivity contribution in [2.45, 2.75) is 6.54 Å². The Kier molecular flexibility index (Phi) is 5.40. The summed E-state index contributed by atoms with van der Waals surface area (Å²) in [4.78, 5) is 2.08. The highest BCUT2D eigenvalue weighted by Gasteiger charge is 2.08. The topological polar surface area (TPSA) is 55.3 Å². The summed E-state index contributed by atoms with van der Waals surface area (Å²) < 4.78 is 13.2. The minimum Gasteiger partial charge on any atom is -0.397 e. The van der Waals surface area contributed by atoms with Gasteiger partial charge in [-0.25, -0.2) is 4.39 Å². The van der Waals surface area contributed by atoms with Gasteiger partial charge in [-0.05, 0) is 48.0 Å². The molecule has 4 heteroatoms. The van der Waals surface area contributed by atoms with Crippen molar-refractivity contribution in [3.8, 4) is 11.8 Å². The molecule has 0 fully saturated rings. The second-order valence-electron chi connectivity index (χ2n) is 5.96. The van der Waals surface area contributed by atoms with Crippen molar-refractivity contribution >= 4 is 17.1 Å². The van der Waals surface area contributed by atoms with E-state index in [0.29, 0.717) is 24.5 Å². The van der Waals surface area contributed by atoms with Gasteiger partial charge in [0, 0.05) is 17.8 Å². The third-order valence-corrected chi connectivity index (χ3v) is 4.00. The summed E-state index contributed by atoms with van der Waals surface area (Å²) in [5, 5.41) is 0. The molecule has 3 aromatic carbocycles. The van der Waals surface area contributed by atoms with Crippen molar-refractivity contribution in [2.24, 2.45) is 0 Å². The summed E-state index contributed by atoms with van der Waals surface area (Å²) in [6, 6.07) is 21.8. The van der Waals surface area contributed by atoms with Crippen molar-refractivity contribution in [2.75, 3.05) is 22.9 Å². The first-order valence-corrected chi connectivity index (χ1v) is 8.30. The highest BCUT2D eigenvalue weighted by Crippen LogP contribution is 2.24. The number of benzene rings is 3. The lowest BCUT2D eigenvalue weighted by Gasteiger charge is -2.23. The largest absolute Gasteiger partial charge is 0.397 e. The van der Waals surface area contributed by atoms with E-state index in [4.69, 9.17) is 11.5 Å². The number of nitrogens with two attached hydrogens (primary N) is 2. The molecular weight excluding hydrogens is 325 g/mol. The molecule has 3 aromatic rings. The van der Waals surface area contributed by atoms with Gasteiger partial charge in [-0.3, -0.25) is 0 Å². The molecule has 0 aliphatic heterocycles. The van der Waals surface area contributed by atoms with E-state index < -0.39 is 0 Å². The lowest BCUT2D eigenvalue weighted by Crippen LogP contribution is -2.23. The van der Waals surface area contributed by atoms with E-state index in [2.05, 4.69) is 16.7 Å². The number of anilines is 3. The van der Waals surface area contributed by atoms with Gasteiger partial charge in [0.25, 0.3) is 0 Å². The summed E-state index contributed by atoms with van der Waals surface area (Å²) in [6.07, 6.45) is 0. The average molecular weight is 345 g/mol. The molecule has 3 rings (SSSR count). The average Bonchev–Trinajstić information content (AvgIpc) is 2.66. The highest BCUT2D eigenvalue weighted by atomic mass is 19.1. The minimum absolute atomic E-state index is 0.249. The summed E-state index contributed by atoms with van der Waals surface area (Å²) >= 11 is 0. The van der Waals surface area contributed by atoms with Crippen LogP contribution in [0, 0.1) is 17.7 Å².